The molecule has 2 rings (SSSR count). The number of nitrogens with zero attached hydrogens (tertiary/aromatic N) is 5. The fourth-order valence-corrected chi connectivity index (χ4v) is 0.788. The van der Waals surface area contributed by atoms with Crippen LogP contribution in [0.25, 0.3) is 11.6 Å². The fourth-order valence-electron chi connectivity index (χ4n) is 0.788. The molecule has 0 saturated heterocycles. The molecule has 6 nitrogen and oxygen atoms in total. The zero-order valence-electron chi connectivity index (χ0n) is 6.38. The molecular weight excluding hydrogens is 170 g/mol. The van der Waals surface area contributed by atoms with E-state index in [2.05, 4.69) is 20.2 Å². The lowest BCUT2D eigenvalue weighted by Gasteiger charge is -1.91. The molecule has 0 saturated carbocycles. The molecule has 0 aromatic carbocycles. The standard InChI is InChI=1S/C7H3N5O/c8-1-5-2-10-12-7(11-5)6-3-9-4-13-6/h2-4H. The van der Waals surface area contributed by atoms with Crippen LogP contribution in [-0.2, 0) is 0 Å². The molecule has 0 atom stereocenters. The van der Waals surface area contributed by atoms with Crippen molar-refractivity contribution in [2.75, 3.05) is 0 Å². The van der Waals surface area contributed by atoms with Gasteiger partial charge in [0, 0.05) is 0 Å². The maximum absolute atomic E-state index is 8.53. The Morgan fingerprint density at radius 2 is 2.31 bits per heavy atom. The molecule has 6 heteroatoms. The van der Waals surface area contributed by atoms with Crippen LogP contribution in [0.3, 0.4) is 0 Å². The average Bonchev–Trinajstić information content (AvgIpc) is 2.71. The Kier molecular flexibility index (Phi) is 1.69. The van der Waals surface area contributed by atoms with E-state index in [0.717, 1.165) is 0 Å². The zero-order chi connectivity index (χ0) is 9.10. The molecule has 0 fully saturated rings. The van der Waals surface area contributed by atoms with Gasteiger partial charge in [0.05, 0.1) is 12.4 Å². The molecule has 62 valence electrons. The lowest BCUT2D eigenvalue weighted by molar-refractivity contribution is 0.565. The quantitative estimate of drug-likeness (QED) is 0.620. The molecule has 0 radical (unpaired) electrons. The van der Waals surface area contributed by atoms with E-state index in [-0.39, 0.29) is 11.5 Å². The summed E-state index contributed by atoms with van der Waals surface area (Å²) >= 11 is 0. The van der Waals surface area contributed by atoms with Gasteiger partial charge in [0.15, 0.2) is 17.8 Å². The maximum atomic E-state index is 8.53. The Labute approximate surface area is 72.9 Å². The van der Waals surface area contributed by atoms with Crippen molar-refractivity contribution in [3.8, 4) is 17.7 Å². The smallest absolute Gasteiger partial charge is 0.220 e. The van der Waals surface area contributed by atoms with Crippen LogP contribution in [0.1, 0.15) is 5.69 Å². The van der Waals surface area contributed by atoms with Crippen LogP contribution in [0.4, 0.5) is 0 Å². The Hall–Kier alpha value is -2.29. The van der Waals surface area contributed by atoms with E-state index in [0.29, 0.717) is 5.76 Å². The molecule has 13 heavy (non-hydrogen) atoms. The molecule has 0 amide bonds. The molecule has 0 bridgehead atoms. The van der Waals surface area contributed by atoms with Crippen LogP contribution < -0.4 is 0 Å². The first kappa shape index (κ1) is 7.36. The summed E-state index contributed by atoms with van der Waals surface area (Å²) in [5.74, 6) is 0.654. The monoisotopic (exact) mass is 173 g/mol. The van der Waals surface area contributed by atoms with Crippen LogP contribution in [0.5, 0.6) is 0 Å². The normalized spacial score (nSPS) is 9.46. The van der Waals surface area contributed by atoms with Crippen LogP contribution in [0, 0.1) is 11.3 Å². The van der Waals surface area contributed by atoms with Crippen molar-refractivity contribution >= 4 is 0 Å². The summed E-state index contributed by atoms with van der Waals surface area (Å²) in [5.41, 5.74) is 0.196. The van der Waals surface area contributed by atoms with E-state index in [1.165, 1.54) is 18.8 Å². The third-order valence-corrected chi connectivity index (χ3v) is 1.33. The molecule has 0 aliphatic rings. The first-order chi connectivity index (χ1) is 6.40. The summed E-state index contributed by atoms with van der Waals surface area (Å²) in [6.45, 7) is 0. The molecule has 0 spiro atoms. The lowest BCUT2D eigenvalue weighted by Crippen LogP contribution is -1.93. The molecule has 0 unspecified atom stereocenters. The summed E-state index contributed by atoms with van der Waals surface area (Å²) in [6.07, 6.45) is 4.00. The second-order valence-corrected chi connectivity index (χ2v) is 2.14. The number of hydrogen-bond donors (Lipinski definition) is 0. The summed E-state index contributed by atoms with van der Waals surface area (Å²) in [4.78, 5) is 7.56. The minimum atomic E-state index is 0.196. The third kappa shape index (κ3) is 1.35. The Morgan fingerprint density at radius 1 is 1.38 bits per heavy atom. The van der Waals surface area contributed by atoms with Gasteiger partial charge in [0.1, 0.15) is 6.07 Å². The van der Waals surface area contributed by atoms with Gasteiger partial charge in [-0.2, -0.15) is 10.4 Å². The largest absolute Gasteiger partial charge is 0.440 e. The van der Waals surface area contributed by atoms with Crippen LogP contribution >= 0.6 is 0 Å². The number of aromatic nitrogens is 4. The van der Waals surface area contributed by atoms with E-state index < -0.39 is 0 Å². The van der Waals surface area contributed by atoms with Crippen molar-refractivity contribution in [1.29, 1.82) is 5.26 Å². The molecule has 2 aromatic rings. The van der Waals surface area contributed by atoms with Crippen molar-refractivity contribution in [3.05, 3.63) is 24.5 Å². The topological polar surface area (TPSA) is 88.5 Å². The summed E-state index contributed by atoms with van der Waals surface area (Å²) < 4.78 is 4.93. The molecule has 0 aliphatic heterocycles. The van der Waals surface area contributed by atoms with Crippen molar-refractivity contribution in [3.63, 3.8) is 0 Å². The number of nitriles is 1. The predicted molar refractivity (Wildman–Crippen MR) is 40.0 cm³/mol. The average molecular weight is 173 g/mol. The molecule has 2 aromatic heterocycles. The second kappa shape index (κ2) is 2.98. The first-order valence-corrected chi connectivity index (χ1v) is 3.39. The minimum absolute atomic E-state index is 0.196. The van der Waals surface area contributed by atoms with Gasteiger partial charge >= 0.3 is 0 Å². The van der Waals surface area contributed by atoms with Gasteiger partial charge in [-0.05, 0) is 0 Å². The highest BCUT2D eigenvalue weighted by Gasteiger charge is 2.05. The van der Waals surface area contributed by atoms with E-state index >= 15 is 0 Å². The van der Waals surface area contributed by atoms with Gasteiger partial charge in [0.25, 0.3) is 0 Å². The minimum Gasteiger partial charge on any atom is -0.440 e. The fraction of sp³-hybridized carbons (Fsp3) is 0. The van der Waals surface area contributed by atoms with E-state index in [1.807, 2.05) is 6.07 Å². The number of hydrogen-bond acceptors (Lipinski definition) is 6. The molecule has 2 heterocycles. The van der Waals surface area contributed by atoms with Crippen molar-refractivity contribution in [2.24, 2.45) is 0 Å². The summed E-state index contributed by atoms with van der Waals surface area (Å²) in [6, 6.07) is 1.85. The van der Waals surface area contributed by atoms with E-state index in [4.69, 9.17) is 9.68 Å². The van der Waals surface area contributed by atoms with Crippen LogP contribution in [-0.4, -0.2) is 20.2 Å². The van der Waals surface area contributed by atoms with Crippen LogP contribution in [0.2, 0.25) is 0 Å². The highest BCUT2D eigenvalue weighted by atomic mass is 16.3. The highest BCUT2D eigenvalue weighted by molar-refractivity contribution is 5.43. The van der Waals surface area contributed by atoms with Gasteiger partial charge in [-0.3, -0.25) is 0 Å². The van der Waals surface area contributed by atoms with Gasteiger partial charge in [0.2, 0.25) is 5.82 Å². The van der Waals surface area contributed by atoms with Gasteiger partial charge in [-0.25, -0.2) is 9.97 Å². The molecule has 0 N–H and O–H groups in total. The Morgan fingerprint density at radius 3 is 3.00 bits per heavy atom. The first-order valence-electron chi connectivity index (χ1n) is 3.39. The molecule has 0 aliphatic carbocycles. The number of oxazole rings is 1. The van der Waals surface area contributed by atoms with Gasteiger partial charge < -0.3 is 4.42 Å². The Balaban J connectivity index is 2.49. The predicted octanol–water partition coefficient (Wildman–Crippen LogP) is 0.398. The molecular formula is C7H3N5O. The Bertz CT molecular complexity index is 444. The van der Waals surface area contributed by atoms with E-state index in [1.54, 1.807) is 0 Å². The second-order valence-electron chi connectivity index (χ2n) is 2.14. The maximum Gasteiger partial charge on any atom is 0.220 e. The number of rotatable bonds is 1. The third-order valence-electron chi connectivity index (χ3n) is 1.33. The van der Waals surface area contributed by atoms with Crippen molar-refractivity contribution in [2.45, 2.75) is 0 Å². The van der Waals surface area contributed by atoms with Crippen LogP contribution in [0.15, 0.2) is 23.2 Å². The summed E-state index contributed by atoms with van der Waals surface area (Å²) in [7, 11) is 0. The van der Waals surface area contributed by atoms with Crippen molar-refractivity contribution in [1.82, 2.24) is 20.2 Å². The SMILES string of the molecule is N#Cc1cnnc(-c2cnco2)n1. The van der Waals surface area contributed by atoms with Crippen molar-refractivity contribution < 1.29 is 4.42 Å². The van der Waals surface area contributed by atoms with Gasteiger partial charge in [-0.1, -0.05) is 0 Å². The highest BCUT2D eigenvalue weighted by Crippen LogP contribution is 2.11. The summed E-state index contributed by atoms with van der Waals surface area (Å²) in [5, 5.41) is 15.8. The van der Waals surface area contributed by atoms with E-state index in [9.17, 15) is 0 Å². The van der Waals surface area contributed by atoms with Gasteiger partial charge in [-0.15, -0.1) is 5.10 Å². The zero-order valence-corrected chi connectivity index (χ0v) is 6.38. The lowest BCUT2D eigenvalue weighted by atomic mass is 10.4.